The first kappa shape index (κ1) is 24.1. The molecular formula is C24H26Cl2N6O2. The zero-order valence-electron chi connectivity index (χ0n) is 18.6. The number of urea groups is 1. The Morgan fingerprint density at radius 1 is 1.03 bits per heavy atom. The number of rotatable bonds is 7. The van der Waals surface area contributed by atoms with Crippen LogP contribution in [0.4, 0.5) is 27.8 Å². The number of ether oxygens (including phenoxy) is 1. The van der Waals surface area contributed by atoms with Crippen LogP contribution in [-0.2, 0) is 0 Å². The standard InChI is InChI=1S/C24H26Cl2N6O2/c1-15(16-8-10-27-11-9-16)34-18-5-2-4-17(12-18)30-21-13-22(29-14-28-21)31-24(33)32-23-19(25)6-3-7-20(23)26/h2-7,12-16,27H,8-11H2,1H3,(H3,28,29,30,31,32,33). The fraction of sp³-hybridized carbons (Fsp3) is 0.292. The molecule has 2 amide bonds. The number of para-hydroxylation sites is 1. The second kappa shape index (κ2) is 11.4. The van der Waals surface area contributed by atoms with Crippen molar-refractivity contribution in [3.8, 4) is 5.75 Å². The highest BCUT2D eigenvalue weighted by atomic mass is 35.5. The Bertz CT molecular complexity index is 1120. The van der Waals surface area contributed by atoms with Crippen molar-refractivity contribution in [2.75, 3.05) is 29.0 Å². The number of amides is 2. The van der Waals surface area contributed by atoms with Gasteiger partial charge in [0.1, 0.15) is 23.7 Å². The summed E-state index contributed by atoms with van der Waals surface area (Å²) in [6, 6.07) is 13.8. The molecule has 1 fully saturated rings. The molecule has 2 aromatic carbocycles. The summed E-state index contributed by atoms with van der Waals surface area (Å²) in [7, 11) is 0. The van der Waals surface area contributed by atoms with E-state index >= 15 is 0 Å². The molecule has 1 unspecified atom stereocenters. The number of benzene rings is 2. The highest BCUT2D eigenvalue weighted by Gasteiger charge is 2.21. The molecule has 4 rings (SSSR count). The van der Waals surface area contributed by atoms with Gasteiger partial charge in [-0.05, 0) is 63.0 Å². The summed E-state index contributed by atoms with van der Waals surface area (Å²) in [5.41, 5.74) is 1.14. The number of aromatic nitrogens is 2. The van der Waals surface area contributed by atoms with Crippen molar-refractivity contribution in [3.05, 3.63) is 64.9 Å². The van der Waals surface area contributed by atoms with E-state index in [0.717, 1.165) is 37.4 Å². The average molecular weight is 501 g/mol. The van der Waals surface area contributed by atoms with Gasteiger partial charge in [0.15, 0.2) is 0 Å². The highest BCUT2D eigenvalue weighted by Crippen LogP contribution is 2.30. The maximum atomic E-state index is 12.4. The highest BCUT2D eigenvalue weighted by molar-refractivity contribution is 6.39. The number of nitrogens with one attached hydrogen (secondary N) is 4. The summed E-state index contributed by atoms with van der Waals surface area (Å²) in [5, 5.41) is 12.6. The molecule has 0 bridgehead atoms. The van der Waals surface area contributed by atoms with Crippen LogP contribution in [0.25, 0.3) is 0 Å². The molecule has 3 aromatic rings. The first-order valence-corrected chi connectivity index (χ1v) is 11.8. The minimum Gasteiger partial charge on any atom is -0.490 e. The predicted molar refractivity (Wildman–Crippen MR) is 137 cm³/mol. The minimum absolute atomic E-state index is 0.136. The molecule has 178 valence electrons. The van der Waals surface area contributed by atoms with Crippen LogP contribution < -0.4 is 26.0 Å². The summed E-state index contributed by atoms with van der Waals surface area (Å²) >= 11 is 12.2. The van der Waals surface area contributed by atoms with Gasteiger partial charge >= 0.3 is 6.03 Å². The molecule has 1 atom stereocenters. The third kappa shape index (κ3) is 6.50. The first-order chi connectivity index (χ1) is 16.5. The molecule has 1 aliphatic heterocycles. The third-order valence-electron chi connectivity index (χ3n) is 5.59. The number of carbonyl (C=O) groups is 1. The summed E-state index contributed by atoms with van der Waals surface area (Å²) in [5.74, 6) is 2.16. The largest absolute Gasteiger partial charge is 0.490 e. The quantitative estimate of drug-likeness (QED) is 0.320. The van der Waals surface area contributed by atoms with Gasteiger partial charge in [-0.25, -0.2) is 14.8 Å². The van der Waals surface area contributed by atoms with Crippen LogP contribution >= 0.6 is 23.2 Å². The molecule has 1 aromatic heterocycles. The van der Waals surface area contributed by atoms with E-state index in [1.807, 2.05) is 24.3 Å². The van der Waals surface area contributed by atoms with E-state index in [-0.39, 0.29) is 6.10 Å². The van der Waals surface area contributed by atoms with Crippen molar-refractivity contribution in [2.24, 2.45) is 5.92 Å². The van der Waals surface area contributed by atoms with Gasteiger partial charge in [0.05, 0.1) is 21.8 Å². The lowest BCUT2D eigenvalue weighted by Crippen LogP contribution is -2.35. The molecule has 0 radical (unpaired) electrons. The lowest BCUT2D eigenvalue weighted by Gasteiger charge is -2.28. The molecule has 0 saturated carbocycles. The van der Waals surface area contributed by atoms with Crippen LogP contribution in [-0.4, -0.2) is 35.2 Å². The Balaban J connectivity index is 1.37. The van der Waals surface area contributed by atoms with Crippen molar-refractivity contribution in [1.29, 1.82) is 0 Å². The van der Waals surface area contributed by atoms with Crippen LogP contribution in [0, 0.1) is 5.92 Å². The molecule has 2 heterocycles. The third-order valence-corrected chi connectivity index (χ3v) is 6.22. The number of anilines is 4. The Labute approximate surface area is 208 Å². The van der Waals surface area contributed by atoms with E-state index in [1.54, 1.807) is 24.3 Å². The van der Waals surface area contributed by atoms with Gasteiger partial charge in [-0.1, -0.05) is 35.3 Å². The van der Waals surface area contributed by atoms with Crippen molar-refractivity contribution in [2.45, 2.75) is 25.9 Å². The van der Waals surface area contributed by atoms with E-state index in [2.05, 4.69) is 38.2 Å². The summed E-state index contributed by atoms with van der Waals surface area (Å²) in [4.78, 5) is 20.7. The van der Waals surface area contributed by atoms with Crippen LogP contribution in [0.3, 0.4) is 0 Å². The molecule has 8 nitrogen and oxygen atoms in total. The van der Waals surface area contributed by atoms with E-state index < -0.39 is 6.03 Å². The SMILES string of the molecule is CC(Oc1cccc(Nc2cc(NC(=O)Nc3c(Cl)cccc3Cl)ncn2)c1)C1CCNCC1. The zero-order chi connectivity index (χ0) is 23.9. The van der Waals surface area contributed by atoms with Gasteiger partial charge in [0.25, 0.3) is 0 Å². The molecule has 10 heteroatoms. The van der Waals surface area contributed by atoms with Crippen molar-refractivity contribution in [1.82, 2.24) is 15.3 Å². The van der Waals surface area contributed by atoms with Gasteiger partial charge in [-0.3, -0.25) is 5.32 Å². The van der Waals surface area contributed by atoms with E-state index in [0.29, 0.717) is 33.3 Å². The fourth-order valence-corrected chi connectivity index (χ4v) is 4.28. The minimum atomic E-state index is -0.526. The number of piperidine rings is 1. The van der Waals surface area contributed by atoms with Crippen LogP contribution in [0.2, 0.25) is 10.0 Å². The molecule has 0 aliphatic carbocycles. The Morgan fingerprint density at radius 2 is 1.74 bits per heavy atom. The molecule has 1 saturated heterocycles. The average Bonchev–Trinajstić information content (AvgIpc) is 2.82. The number of hydrogen-bond acceptors (Lipinski definition) is 6. The summed E-state index contributed by atoms with van der Waals surface area (Å²) in [6.07, 6.45) is 3.73. The molecular weight excluding hydrogens is 475 g/mol. The van der Waals surface area contributed by atoms with E-state index in [1.165, 1.54) is 6.33 Å². The molecule has 0 spiro atoms. The van der Waals surface area contributed by atoms with Crippen LogP contribution in [0.5, 0.6) is 5.75 Å². The number of carbonyl (C=O) groups excluding carboxylic acids is 1. The lowest BCUT2D eigenvalue weighted by molar-refractivity contribution is 0.128. The second-order valence-corrected chi connectivity index (χ2v) is 8.84. The summed E-state index contributed by atoms with van der Waals surface area (Å²) < 4.78 is 6.20. The number of halogens is 2. The van der Waals surface area contributed by atoms with Crippen molar-refractivity contribution < 1.29 is 9.53 Å². The van der Waals surface area contributed by atoms with Crippen molar-refractivity contribution in [3.63, 3.8) is 0 Å². The topological polar surface area (TPSA) is 100 Å². The van der Waals surface area contributed by atoms with Gasteiger partial charge in [0, 0.05) is 17.8 Å². The van der Waals surface area contributed by atoms with Gasteiger partial charge < -0.3 is 20.7 Å². The Hall–Kier alpha value is -3.07. The molecule has 34 heavy (non-hydrogen) atoms. The maximum absolute atomic E-state index is 12.4. The predicted octanol–water partition coefficient (Wildman–Crippen LogP) is 5.94. The zero-order valence-corrected chi connectivity index (χ0v) is 20.2. The fourth-order valence-electron chi connectivity index (χ4n) is 3.79. The smallest absolute Gasteiger partial charge is 0.324 e. The first-order valence-electron chi connectivity index (χ1n) is 11.1. The van der Waals surface area contributed by atoms with Gasteiger partial charge in [-0.2, -0.15) is 0 Å². The van der Waals surface area contributed by atoms with E-state index in [9.17, 15) is 4.79 Å². The molecule has 4 N–H and O–H groups in total. The Kier molecular flexibility index (Phi) is 8.05. The molecule has 1 aliphatic rings. The monoisotopic (exact) mass is 500 g/mol. The van der Waals surface area contributed by atoms with Gasteiger partial charge in [-0.15, -0.1) is 0 Å². The Morgan fingerprint density at radius 3 is 2.50 bits per heavy atom. The van der Waals surface area contributed by atoms with Crippen LogP contribution in [0.15, 0.2) is 54.9 Å². The normalized spacial score (nSPS) is 14.8. The number of nitrogens with zero attached hydrogens (tertiary/aromatic N) is 2. The number of hydrogen-bond donors (Lipinski definition) is 4. The lowest BCUT2D eigenvalue weighted by atomic mass is 9.93. The maximum Gasteiger partial charge on any atom is 0.324 e. The second-order valence-electron chi connectivity index (χ2n) is 8.03. The van der Waals surface area contributed by atoms with E-state index in [4.69, 9.17) is 27.9 Å². The van der Waals surface area contributed by atoms with Crippen molar-refractivity contribution >= 4 is 52.2 Å². The van der Waals surface area contributed by atoms with Crippen LogP contribution in [0.1, 0.15) is 19.8 Å². The van der Waals surface area contributed by atoms with Gasteiger partial charge in [0.2, 0.25) is 0 Å². The summed E-state index contributed by atoms with van der Waals surface area (Å²) in [6.45, 7) is 4.19.